The summed E-state index contributed by atoms with van der Waals surface area (Å²) < 4.78 is 0.967. The van der Waals surface area contributed by atoms with Gasteiger partial charge in [-0.3, -0.25) is 4.79 Å². The summed E-state index contributed by atoms with van der Waals surface area (Å²) in [4.78, 5) is 20.0. The Balaban J connectivity index is 2.06. The van der Waals surface area contributed by atoms with Gasteiger partial charge in [0.25, 0.3) is 5.91 Å². The second-order valence-electron chi connectivity index (χ2n) is 4.18. The quantitative estimate of drug-likeness (QED) is 0.587. The second kappa shape index (κ2) is 6.44. The fraction of sp³-hybridized carbons (Fsp3) is 0.154. The zero-order valence-electron chi connectivity index (χ0n) is 10.8. The Morgan fingerprint density at radius 1 is 1.35 bits per heavy atom. The highest BCUT2D eigenvalue weighted by Crippen LogP contribution is 2.18. The first kappa shape index (κ1) is 14.4. The molecule has 0 bridgehead atoms. The third-order valence-corrected chi connectivity index (χ3v) is 3.22. The van der Waals surface area contributed by atoms with Crippen LogP contribution in [0, 0.1) is 0 Å². The van der Waals surface area contributed by atoms with Crippen molar-refractivity contribution >= 4 is 27.7 Å². The van der Waals surface area contributed by atoms with E-state index in [2.05, 4.69) is 36.6 Å². The summed E-state index contributed by atoms with van der Waals surface area (Å²) in [5.41, 5.74) is 3.60. The number of anilines is 1. The maximum atomic E-state index is 12.0. The molecule has 1 aromatic carbocycles. The van der Waals surface area contributed by atoms with Crippen LogP contribution >= 0.6 is 15.9 Å². The predicted octanol–water partition coefficient (Wildman–Crippen LogP) is 2.02. The number of nitrogens with one attached hydrogen (secondary N) is 2. The molecule has 6 nitrogen and oxygen atoms in total. The maximum Gasteiger partial charge on any atom is 0.271 e. The van der Waals surface area contributed by atoms with Gasteiger partial charge in [0, 0.05) is 4.47 Å². The van der Waals surface area contributed by atoms with Gasteiger partial charge in [0.05, 0.1) is 18.4 Å². The third-order valence-electron chi connectivity index (χ3n) is 2.73. The molecule has 0 aliphatic carbocycles. The predicted molar refractivity (Wildman–Crippen MR) is 79.9 cm³/mol. The van der Waals surface area contributed by atoms with Crippen molar-refractivity contribution < 1.29 is 4.79 Å². The first-order valence-electron chi connectivity index (χ1n) is 5.95. The number of halogens is 1. The number of nitrogen functional groups attached to an aromatic ring is 1. The summed E-state index contributed by atoms with van der Waals surface area (Å²) in [6.07, 6.45) is 2.77. The van der Waals surface area contributed by atoms with Crippen LogP contribution in [0.4, 0.5) is 5.82 Å². The molecule has 20 heavy (non-hydrogen) atoms. The number of hydrogen-bond donors (Lipinski definition) is 3. The molecule has 2 aromatic rings. The monoisotopic (exact) mass is 335 g/mol. The Morgan fingerprint density at radius 3 is 2.75 bits per heavy atom. The van der Waals surface area contributed by atoms with Gasteiger partial charge < -0.3 is 10.7 Å². The van der Waals surface area contributed by atoms with Gasteiger partial charge in [-0.15, -0.1) is 0 Å². The Bertz CT molecular complexity index is 602. The minimum absolute atomic E-state index is 0.130. The van der Waals surface area contributed by atoms with Crippen LogP contribution in [0.15, 0.2) is 41.1 Å². The summed E-state index contributed by atoms with van der Waals surface area (Å²) in [5, 5.41) is 2.86. The van der Waals surface area contributed by atoms with Gasteiger partial charge in [0.1, 0.15) is 5.69 Å². The molecule has 1 amide bonds. The largest absolute Gasteiger partial charge is 0.344 e. The number of aromatic nitrogens is 2. The van der Waals surface area contributed by atoms with Crippen LogP contribution in [0.1, 0.15) is 29.0 Å². The molecule has 1 heterocycles. The fourth-order valence-corrected chi connectivity index (χ4v) is 2.07. The Kier molecular flexibility index (Phi) is 4.65. The topological polar surface area (TPSA) is 92.9 Å². The van der Waals surface area contributed by atoms with Gasteiger partial charge >= 0.3 is 0 Å². The lowest BCUT2D eigenvalue weighted by Crippen LogP contribution is -2.27. The lowest BCUT2D eigenvalue weighted by molar-refractivity contribution is 0.0934. The highest BCUT2D eigenvalue weighted by atomic mass is 79.9. The van der Waals surface area contributed by atoms with Crippen LogP contribution in [-0.4, -0.2) is 15.9 Å². The molecule has 0 saturated carbocycles. The molecule has 1 aromatic heterocycles. The Hall–Kier alpha value is -1.99. The van der Waals surface area contributed by atoms with E-state index in [4.69, 9.17) is 5.84 Å². The number of carbonyl (C=O) groups excluding carboxylic acids is 1. The molecule has 0 spiro atoms. The number of nitrogens with two attached hydrogens (primary N) is 1. The minimum Gasteiger partial charge on any atom is -0.344 e. The van der Waals surface area contributed by atoms with Crippen molar-refractivity contribution in [2.24, 2.45) is 5.84 Å². The van der Waals surface area contributed by atoms with Crippen molar-refractivity contribution in [2.45, 2.75) is 13.0 Å². The first-order chi connectivity index (χ1) is 9.60. The lowest BCUT2D eigenvalue weighted by atomic mass is 10.1. The van der Waals surface area contributed by atoms with E-state index in [0.29, 0.717) is 5.82 Å². The molecule has 104 valence electrons. The minimum atomic E-state index is -0.284. The normalized spacial score (nSPS) is 11.8. The zero-order chi connectivity index (χ0) is 14.5. The molecular weight excluding hydrogens is 322 g/mol. The third kappa shape index (κ3) is 3.52. The second-order valence-corrected chi connectivity index (χ2v) is 5.10. The lowest BCUT2D eigenvalue weighted by Gasteiger charge is -2.14. The van der Waals surface area contributed by atoms with Crippen molar-refractivity contribution in [2.75, 3.05) is 5.43 Å². The summed E-state index contributed by atoms with van der Waals surface area (Å²) in [6.45, 7) is 1.91. The number of hydrazine groups is 1. The molecule has 7 heteroatoms. The van der Waals surface area contributed by atoms with Crippen LogP contribution in [0.2, 0.25) is 0 Å². The van der Waals surface area contributed by atoms with E-state index < -0.39 is 0 Å². The van der Waals surface area contributed by atoms with E-state index in [9.17, 15) is 4.79 Å². The van der Waals surface area contributed by atoms with E-state index in [-0.39, 0.29) is 17.6 Å². The Labute approximate surface area is 124 Å². The molecular formula is C13H14BrN5O. The molecule has 4 N–H and O–H groups in total. The van der Waals surface area contributed by atoms with Gasteiger partial charge in [0.15, 0.2) is 5.82 Å². The fourth-order valence-electron chi connectivity index (χ4n) is 1.65. The summed E-state index contributed by atoms with van der Waals surface area (Å²) in [6, 6.07) is 7.63. The number of rotatable bonds is 4. The number of carbonyl (C=O) groups is 1. The van der Waals surface area contributed by atoms with Crippen molar-refractivity contribution in [3.05, 3.63) is 52.4 Å². The molecule has 0 saturated heterocycles. The molecule has 0 radical (unpaired) electrons. The van der Waals surface area contributed by atoms with Gasteiger partial charge in [-0.25, -0.2) is 15.8 Å². The molecule has 0 aliphatic heterocycles. The number of nitrogens with zero attached hydrogens (tertiary/aromatic N) is 2. The van der Waals surface area contributed by atoms with Crippen LogP contribution in [-0.2, 0) is 0 Å². The molecule has 0 fully saturated rings. The first-order valence-corrected chi connectivity index (χ1v) is 6.74. The van der Waals surface area contributed by atoms with Crippen LogP contribution < -0.4 is 16.6 Å². The van der Waals surface area contributed by atoms with Crippen molar-refractivity contribution in [3.8, 4) is 0 Å². The number of benzene rings is 1. The van der Waals surface area contributed by atoms with Crippen LogP contribution in [0.25, 0.3) is 0 Å². The highest BCUT2D eigenvalue weighted by Gasteiger charge is 2.13. The van der Waals surface area contributed by atoms with E-state index in [0.717, 1.165) is 10.0 Å². The van der Waals surface area contributed by atoms with Gasteiger partial charge in [-0.1, -0.05) is 28.1 Å². The average Bonchev–Trinajstić information content (AvgIpc) is 2.47. The van der Waals surface area contributed by atoms with Gasteiger partial charge in [0.2, 0.25) is 0 Å². The Morgan fingerprint density at radius 2 is 2.15 bits per heavy atom. The summed E-state index contributed by atoms with van der Waals surface area (Å²) in [7, 11) is 0. The maximum absolute atomic E-state index is 12.0. The standard InChI is InChI=1S/C13H14BrN5O/c1-8(9-3-2-4-10(14)5-9)18-13(20)11-6-17-12(19-15)7-16-11/h2-8H,15H2,1H3,(H,17,19)(H,18,20). The highest BCUT2D eigenvalue weighted by molar-refractivity contribution is 9.10. The molecule has 2 rings (SSSR count). The average molecular weight is 336 g/mol. The molecule has 0 aliphatic rings. The van der Waals surface area contributed by atoms with E-state index in [1.807, 2.05) is 31.2 Å². The molecule has 1 atom stereocenters. The van der Waals surface area contributed by atoms with Crippen LogP contribution in [0.5, 0.6) is 0 Å². The van der Waals surface area contributed by atoms with E-state index in [1.54, 1.807) is 0 Å². The van der Waals surface area contributed by atoms with Crippen molar-refractivity contribution in [1.29, 1.82) is 0 Å². The summed E-state index contributed by atoms with van der Waals surface area (Å²) >= 11 is 3.40. The molecule has 1 unspecified atom stereocenters. The van der Waals surface area contributed by atoms with Crippen molar-refractivity contribution in [3.63, 3.8) is 0 Å². The van der Waals surface area contributed by atoms with E-state index >= 15 is 0 Å². The number of hydrogen-bond acceptors (Lipinski definition) is 5. The zero-order valence-corrected chi connectivity index (χ0v) is 12.4. The van der Waals surface area contributed by atoms with E-state index in [1.165, 1.54) is 12.4 Å². The van der Waals surface area contributed by atoms with Gasteiger partial charge in [-0.2, -0.15) is 0 Å². The van der Waals surface area contributed by atoms with Gasteiger partial charge in [-0.05, 0) is 24.6 Å². The SMILES string of the molecule is CC(NC(=O)c1cnc(NN)cn1)c1cccc(Br)c1. The number of amides is 1. The smallest absolute Gasteiger partial charge is 0.271 e. The summed E-state index contributed by atoms with van der Waals surface area (Å²) in [5.74, 6) is 5.31. The van der Waals surface area contributed by atoms with Crippen molar-refractivity contribution in [1.82, 2.24) is 15.3 Å². The van der Waals surface area contributed by atoms with Crippen LogP contribution in [0.3, 0.4) is 0 Å².